The molecule has 3 aliphatic rings. The molecule has 1 spiro atoms. The number of likely N-dealkylation sites (tertiary alicyclic amines) is 1. The maximum absolute atomic E-state index is 13.8. The van der Waals surface area contributed by atoms with E-state index in [9.17, 15) is 14.7 Å². The molecule has 3 aromatic rings. The molecule has 5 atom stereocenters. The normalized spacial score (nSPS) is 28.3. The highest BCUT2D eigenvalue weighted by atomic mass is 16.5. The van der Waals surface area contributed by atoms with Crippen LogP contribution in [0.4, 0.5) is 0 Å². The van der Waals surface area contributed by atoms with E-state index < -0.39 is 35.6 Å². The predicted octanol–water partition coefficient (Wildman–Crippen LogP) is 1.93. The molecule has 4 heterocycles. The Kier molecular flexibility index (Phi) is 4.25. The number of aromatic nitrogens is 4. The van der Waals surface area contributed by atoms with Gasteiger partial charge in [-0.3, -0.25) is 9.59 Å². The van der Waals surface area contributed by atoms with E-state index in [1.54, 1.807) is 15.7 Å². The number of aliphatic carboxylic acids is 1. The van der Waals surface area contributed by atoms with Gasteiger partial charge in [0.25, 0.3) is 0 Å². The first-order valence-corrected chi connectivity index (χ1v) is 10.8. The van der Waals surface area contributed by atoms with Crippen LogP contribution in [0.25, 0.3) is 5.69 Å². The Morgan fingerprint density at radius 1 is 1.18 bits per heavy atom. The lowest BCUT2D eigenvalue weighted by molar-refractivity contribution is -0.148. The lowest BCUT2D eigenvalue weighted by atomic mass is 9.77. The van der Waals surface area contributed by atoms with Crippen LogP contribution < -0.4 is 0 Å². The number of ether oxygens (including phenoxy) is 1. The van der Waals surface area contributed by atoms with E-state index in [4.69, 9.17) is 4.74 Å². The average Bonchev–Trinajstić information content (AvgIpc) is 3.57. The molecule has 2 aromatic carbocycles. The number of benzene rings is 2. The summed E-state index contributed by atoms with van der Waals surface area (Å²) in [7, 11) is 0. The van der Waals surface area contributed by atoms with E-state index in [2.05, 4.69) is 15.5 Å². The zero-order valence-electron chi connectivity index (χ0n) is 17.8. The van der Waals surface area contributed by atoms with Crippen LogP contribution in [0.15, 0.2) is 66.7 Å². The number of carbonyl (C=O) groups excluding carboxylic acids is 1. The summed E-state index contributed by atoms with van der Waals surface area (Å²) in [5, 5.41) is 22.3. The highest BCUT2D eigenvalue weighted by Gasteiger charge is 2.68. The minimum Gasteiger partial charge on any atom is -0.481 e. The van der Waals surface area contributed by atoms with Gasteiger partial charge >= 0.3 is 5.97 Å². The molecule has 2 fully saturated rings. The van der Waals surface area contributed by atoms with E-state index in [1.165, 1.54) is 0 Å². The van der Waals surface area contributed by atoms with Crippen LogP contribution >= 0.6 is 0 Å². The Morgan fingerprint density at radius 2 is 1.94 bits per heavy atom. The van der Waals surface area contributed by atoms with Crippen molar-refractivity contribution < 1.29 is 19.4 Å². The molecule has 166 valence electrons. The third-order valence-corrected chi connectivity index (χ3v) is 6.92. The molecule has 1 N–H and O–H groups in total. The van der Waals surface area contributed by atoms with Crippen molar-refractivity contribution in [2.75, 3.05) is 6.54 Å². The minimum absolute atomic E-state index is 0.230. The number of carboxylic acids is 1. The second kappa shape index (κ2) is 7.08. The lowest BCUT2D eigenvalue weighted by Gasteiger charge is -2.29. The van der Waals surface area contributed by atoms with E-state index in [0.717, 1.165) is 16.8 Å². The standard InChI is InChI=1S/C24H21N5O4/c1-14-7-5-6-10-16(14)29-21(25-26-27-29)20(15-8-3-2-4-9-15)28-13-24-12-11-17(33-24)18(23(31)32)19(24)22(28)30/h2-12,17-20H,13H2,1H3,(H,31,32)/t17-,18+,19-,20-,24+/m1/s1. The molecule has 33 heavy (non-hydrogen) atoms. The molecular formula is C24H21N5O4. The van der Waals surface area contributed by atoms with Crippen LogP contribution in [-0.4, -0.2) is 60.3 Å². The van der Waals surface area contributed by atoms with Gasteiger partial charge in [-0.2, -0.15) is 4.68 Å². The summed E-state index contributed by atoms with van der Waals surface area (Å²) in [5.74, 6) is -2.49. The van der Waals surface area contributed by atoms with E-state index in [0.29, 0.717) is 5.82 Å². The van der Waals surface area contributed by atoms with Crippen molar-refractivity contribution >= 4 is 11.9 Å². The predicted molar refractivity (Wildman–Crippen MR) is 115 cm³/mol. The maximum Gasteiger partial charge on any atom is 0.310 e. The number of amides is 1. The van der Waals surface area contributed by atoms with Gasteiger partial charge in [0.05, 0.1) is 24.3 Å². The molecule has 0 unspecified atom stereocenters. The Hall–Kier alpha value is -3.85. The number of aryl methyl sites for hydroxylation is 1. The first-order chi connectivity index (χ1) is 16.0. The van der Waals surface area contributed by atoms with Gasteiger partial charge in [-0.25, -0.2) is 0 Å². The van der Waals surface area contributed by atoms with Crippen LogP contribution in [0.3, 0.4) is 0 Å². The summed E-state index contributed by atoms with van der Waals surface area (Å²) in [4.78, 5) is 27.5. The lowest BCUT2D eigenvalue weighted by Crippen LogP contribution is -2.39. The van der Waals surface area contributed by atoms with Crippen LogP contribution in [-0.2, 0) is 14.3 Å². The second-order valence-electron chi connectivity index (χ2n) is 8.75. The first kappa shape index (κ1) is 19.8. The maximum atomic E-state index is 13.8. The SMILES string of the molecule is Cc1ccccc1-n1nnnc1[C@@H](c1ccccc1)N1C[C@]23C=C[C@@H](O2)[C@H](C(=O)O)[C@@H]3C1=O. The number of para-hydroxylation sites is 1. The Bertz CT molecular complexity index is 1290. The molecule has 3 aliphatic heterocycles. The number of nitrogens with zero attached hydrogens (tertiary/aromatic N) is 5. The summed E-state index contributed by atoms with van der Waals surface area (Å²) in [6, 6.07) is 16.7. The Balaban J connectivity index is 1.49. The largest absolute Gasteiger partial charge is 0.481 e. The van der Waals surface area contributed by atoms with Crippen LogP contribution in [0.5, 0.6) is 0 Å². The number of rotatable bonds is 5. The van der Waals surface area contributed by atoms with Crippen molar-refractivity contribution in [2.24, 2.45) is 11.8 Å². The van der Waals surface area contributed by atoms with Crippen LogP contribution in [0.2, 0.25) is 0 Å². The number of carbonyl (C=O) groups is 2. The van der Waals surface area contributed by atoms with Crippen molar-refractivity contribution in [3.05, 3.63) is 83.7 Å². The van der Waals surface area contributed by atoms with Gasteiger partial charge in [0.1, 0.15) is 17.6 Å². The molecule has 0 radical (unpaired) electrons. The second-order valence-corrected chi connectivity index (χ2v) is 8.75. The van der Waals surface area contributed by atoms with Gasteiger partial charge in [-0.1, -0.05) is 60.7 Å². The van der Waals surface area contributed by atoms with Crippen molar-refractivity contribution in [1.29, 1.82) is 0 Å². The molecule has 9 nitrogen and oxygen atoms in total. The fraction of sp³-hybridized carbons (Fsp3) is 0.292. The zero-order chi connectivity index (χ0) is 22.7. The fourth-order valence-corrected chi connectivity index (χ4v) is 5.47. The smallest absolute Gasteiger partial charge is 0.310 e. The first-order valence-electron chi connectivity index (χ1n) is 10.8. The number of carboxylic acid groups (broad SMARTS) is 1. The molecule has 6 rings (SSSR count). The van der Waals surface area contributed by atoms with Gasteiger partial charge in [-0.05, 0) is 34.5 Å². The third-order valence-electron chi connectivity index (χ3n) is 6.92. The average molecular weight is 443 g/mol. The van der Waals surface area contributed by atoms with E-state index in [-0.39, 0.29) is 12.5 Å². The molecule has 1 amide bonds. The van der Waals surface area contributed by atoms with Crippen molar-refractivity contribution in [3.63, 3.8) is 0 Å². The number of hydrogen-bond acceptors (Lipinski definition) is 6. The highest BCUT2D eigenvalue weighted by molar-refractivity contribution is 5.91. The monoisotopic (exact) mass is 443 g/mol. The third kappa shape index (κ3) is 2.78. The van der Waals surface area contributed by atoms with E-state index in [1.807, 2.05) is 67.6 Å². The fourth-order valence-electron chi connectivity index (χ4n) is 5.47. The molecular weight excluding hydrogens is 422 g/mol. The topological polar surface area (TPSA) is 110 Å². The Labute approximate surface area is 189 Å². The molecule has 1 aromatic heterocycles. The van der Waals surface area contributed by atoms with Gasteiger partial charge in [0, 0.05) is 0 Å². The zero-order valence-corrected chi connectivity index (χ0v) is 17.8. The molecule has 2 bridgehead atoms. The molecule has 0 saturated carbocycles. The van der Waals surface area contributed by atoms with Crippen molar-refractivity contribution in [3.8, 4) is 5.69 Å². The molecule has 9 heteroatoms. The van der Waals surface area contributed by atoms with Gasteiger partial charge < -0.3 is 14.7 Å². The summed E-state index contributed by atoms with van der Waals surface area (Å²) >= 11 is 0. The Morgan fingerprint density at radius 3 is 2.70 bits per heavy atom. The van der Waals surface area contributed by atoms with Gasteiger partial charge in [0.15, 0.2) is 5.82 Å². The molecule has 2 saturated heterocycles. The van der Waals surface area contributed by atoms with Crippen LogP contribution in [0, 0.1) is 18.8 Å². The van der Waals surface area contributed by atoms with Crippen molar-refractivity contribution in [1.82, 2.24) is 25.1 Å². The summed E-state index contributed by atoms with van der Waals surface area (Å²) < 4.78 is 7.73. The number of hydrogen-bond donors (Lipinski definition) is 1. The van der Waals surface area contributed by atoms with Crippen LogP contribution in [0.1, 0.15) is 23.0 Å². The number of fused-ring (bicyclic) bond motifs is 1. The van der Waals surface area contributed by atoms with E-state index >= 15 is 0 Å². The quantitative estimate of drug-likeness (QED) is 0.600. The highest BCUT2D eigenvalue weighted by Crippen LogP contribution is 2.53. The number of tetrazole rings is 1. The summed E-state index contributed by atoms with van der Waals surface area (Å²) in [6.45, 7) is 2.20. The minimum atomic E-state index is -1.02. The summed E-state index contributed by atoms with van der Waals surface area (Å²) in [6.07, 6.45) is 3.04. The van der Waals surface area contributed by atoms with Gasteiger partial charge in [0.2, 0.25) is 5.91 Å². The van der Waals surface area contributed by atoms with Gasteiger partial charge in [-0.15, -0.1) is 5.10 Å². The summed E-state index contributed by atoms with van der Waals surface area (Å²) in [5.41, 5.74) is 1.68. The van der Waals surface area contributed by atoms with Crippen molar-refractivity contribution in [2.45, 2.75) is 24.7 Å². The molecule has 0 aliphatic carbocycles.